The summed E-state index contributed by atoms with van der Waals surface area (Å²) in [5, 5.41) is 8.49. The maximum atomic E-state index is 7.59. The second kappa shape index (κ2) is 5.49. The van der Waals surface area contributed by atoms with Crippen molar-refractivity contribution < 1.29 is 4.74 Å². The minimum Gasteiger partial charge on any atom is -0.492 e. The summed E-state index contributed by atoms with van der Waals surface area (Å²) in [5.41, 5.74) is 6.99. The lowest BCUT2D eigenvalue weighted by Gasteiger charge is -2.12. The number of hydrogen-bond acceptors (Lipinski definition) is 3. The van der Waals surface area contributed by atoms with Crippen LogP contribution < -0.4 is 10.5 Å². The molecule has 1 aromatic heterocycles. The zero-order chi connectivity index (χ0) is 13.0. The molecule has 94 valence electrons. The van der Waals surface area contributed by atoms with Gasteiger partial charge in [-0.1, -0.05) is 25.5 Å². The van der Waals surface area contributed by atoms with Crippen molar-refractivity contribution in [1.29, 1.82) is 5.41 Å². The molecule has 2 rings (SSSR count). The molecule has 1 heterocycles. The number of nitrogens with two attached hydrogens (primary N) is 1. The van der Waals surface area contributed by atoms with E-state index in [0.29, 0.717) is 17.9 Å². The van der Waals surface area contributed by atoms with Crippen molar-refractivity contribution in [3.63, 3.8) is 0 Å². The Balaban J connectivity index is 2.48. The summed E-state index contributed by atoms with van der Waals surface area (Å²) in [6.45, 7) is 2.74. The number of amidine groups is 1. The number of fused-ring (bicyclic) bond motifs is 1. The second-order valence-corrected chi connectivity index (χ2v) is 4.13. The van der Waals surface area contributed by atoms with Crippen LogP contribution in [0, 0.1) is 5.41 Å². The molecule has 1 aromatic carbocycles. The minimum absolute atomic E-state index is 0.0141. The normalized spacial score (nSPS) is 10.5. The quantitative estimate of drug-likeness (QED) is 0.482. The third-order valence-electron chi connectivity index (χ3n) is 2.76. The molecule has 0 saturated heterocycles. The Bertz CT molecular complexity index is 566. The molecule has 4 heteroatoms. The van der Waals surface area contributed by atoms with Gasteiger partial charge in [-0.25, -0.2) is 0 Å². The lowest BCUT2D eigenvalue weighted by atomic mass is 10.1. The van der Waals surface area contributed by atoms with Crippen LogP contribution in [0.25, 0.3) is 10.9 Å². The maximum Gasteiger partial charge on any atom is 0.141 e. The van der Waals surface area contributed by atoms with Gasteiger partial charge >= 0.3 is 0 Å². The van der Waals surface area contributed by atoms with Crippen LogP contribution in [0.15, 0.2) is 30.5 Å². The molecule has 0 aliphatic heterocycles. The monoisotopic (exact) mass is 243 g/mol. The number of aromatic nitrogens is 1. The number of hydrogen-bond donors (Lipinski definition) is 2. The molecule has 0 radical (unpaired) electrons. The first-order valence-electron chi connectivity index (χ1n) is 6.09. The van der Waals surface area contributed by atoms with Crippen LogP contribution in [-0.4, -0.2) is 17.4 Å². The average molecular weight is 243 g/mol. The summed E-state index contributed by atoms with van der Waals surface area (Å²) in [4.78, 5) is 4.29. The molecule has 0 aliphatic carbocycles. The lowest BCUT2D eigenvalue weighted by Crippen LogP contribution is -2.14. The van der Waals surface area contributed by atoms with Crippen molar-refractivity contribution in [2.75, 3.05) is 6.61 Å². The highest BCUT2D eigenvalue weighted by Crippen LogP contribution is 2.28. The Hall–Kier alpha value is -2.10. The molecule has 0 spiro atoms. The molecule has 0 amide bonds. The molecule has 4 nitrogen and oxygen atoms in total. The SMILES string of the molecule is CCCCOc1c(C(=N)N)cnc2ccccc12. The van der Waals surface area contributed by atoms with Gasteiger partial charge in [0.25, 0.3) is 0 Å². The van der Waals surface area contributed by atoms with E-state index in [9.17, 15) is 0 Å². The number of unbranched alkanes of at least 4 members (excludes halogenated alkanes) is 1. The molecule has 18 heavy (non-hydrogen) atoms. The predicted octanol–water partition coefficient (Wildman–Crippen LogP) is 2.70. The van der Waals surface area contributed by atoms with Crippen LogP contribution in [-0.2, 0) is 0 Å². The van der Waals surface area contributed by atoms with Gasteiger partial charge in [0.05, 0.1) is 17.7 Å². The van der Waals surface area contributed by atoms with Crippen molar-refractivity contribution in [2.24, 2.45) is 5.73 Å². The first-order valence-corrected chi connectivity index (χ1v) is 6.09. The number of benzene rings is 1. The fraction of sp³-hybridized carbons (Fsp3) is 0.286. The first-order chi connectivity index (χ1) is 8.74. The zero-order valence-electron chi connectivity index (χ0n) is 10.4. The maximum absolute atomic E-state index is 7.59. The van der Waals surface area contributed by atoms with Gasteiger partial charge in [-0.2, -0.15) is 0 Å². The number of ether oxygens (including phenoxy) is 1. The van der Waals surface area contributed by atoms with E-state index in [4.69, 9.17) is 15.9 Å². The predicted molar refractivity (Wildman–Crippen MR) is 73.2 cm³/mol. The van der Waals surface area contributed by atoms with Gasteiger partial charge in [-0.3, -0.25) is 10.4 Å². The molecule has 3 N–H and O–H groups in total. The Labute approximate surface area is 106 Å². The Kier molecular flexibility index (Phi) is 3.77. The van der Waals surface area contributed by atoms with Crippen molar-refractivity contribution in [1.82, 2.24) is 4.98 Å². The van der Waals surface area contributed by atoms with Gasteiger partial charge in [0, 0.05) is 11.6 Å². The van der Waals surface area contributed by atoms with E-state index in [-0.39, 0.29) is 5.84 Å². The van der Waals surface area contributed by atoms with Crippen LogP contribution >= 0.6 is 0 Å². The third-order valence-corrected chi connectivity index (χ3v) is 2.76. The van der Waals surface area contributed by atoms with Crippen LogP contribution in [0.3, 0.4) is 0 Å². The average Bonchev–Trinajstić information content (AvgIpc) is 2.38. The highest BCUT2D eigenvalue weighted by Gasteiger charge is 2.11. The minimum atomic E-state index is -0.0141. The number of rotatable bonds is 5. The lowest BCUT2D eigenvalue weighted by molar-refractivity contribution is 0.312. The number of nitrogen functional groups attached to an aromatic ring is 1. The molecular formula is C14H17N3O. The summed E-state index contributed by atoms with van der Waals surface area (Å²) in [7, 11) is 0. The van der Waals surface area contributed by atoms with Gasteiger partial charge in [0.1, 0.15) is 11.6 Å². The highest BCUT2D eigenvalue weighted by molar-refractivity contribution is 6.02. The Morgan fingerprint density at radius 1 is 1.39 bits per heavy atom. The van der Waals surface area contributed by atoms with E-state index < -0.39 is 0 Å². The summed E-state index contributed by atoms with van der Waals surface area (Å²) < 4.78 is 5.79. The van der Waals surface area contributed by atoms with Gasteiger partial charge in [-0.15, -0.1) is 0 Å². The number of nitrogens with one attached hydrogen (secondary N) is 1. The zero-order valence-corrected chi connectivity index (χ0v) is 10.4. The molecule has 0 unspecified atom stereocenters. The summed E-state index contributed by atoms with van der Waals surface area (Å²) >= 11 is 0. The smallest absolute Gasteiger partial charge is 0.141 e. The summed E-state index contributed by atoms with van der Waals surface area (Å²) in [5.74, 6) is 0.654. The van der Waals surface area contributed by atoms with Crippen LogP contribution in [0.5, 0.6) is 5.75 Å². The summed E-state index contributed by atoms with van der Waals surface area (Å²) in [6, 6.07) is 7.72. The van der Waals surface area contributed by atoms with E-state index in [1.54, 1.807) is 6.20 Å². The van der Waals surface area contributed by atoms with E-state index in [2.05, 4.69) is 11.9 Å². The van der Waals surface area contributed by atoms with Gasteiger partial charge in [0.2, 0.25) is 0 Å². The topological polar surface area (TPSA) is 72.0 Å². The highest BCUT2D eigenvalue weighted by atomic mass is 16.5. The summed E-state index contributed by atoms with van der Waals surface area (Å²) in [6.07, 6.45) is 3.65. The van der Waals surface area contributed by atoms with Crippen LogP contribution in [0.2, 0.25) is 0 Å². The molecular weight excluding hydrogens is 226 g/mol. The van der Waals surface area contributed by atoms with Crippen LogP contribution in [0.1, 0.15) is 25.3 Å². The molecule has 0 atom stereocenters. The third kappa shape index (κ3) is 2.42. The van der Waals surface area contributed by atoms with Gasteiger partial charge in [0.15, 0.2) is 0 Å². The number of para-hydroxylation sites is 1. The van der Waals surface area contributed by atoms with Crippen LogP contribution in [0.4, 0.5) is 0 Å². The molecule has 0 aliphatic rings. The van der Waals surface area contributed by atoms with Crippen molar-refractivity contribution in [3.05, 3.63) is 36.0 Å². The van der Waals surface area contributed by atoms with E-state index in [1.807, 2.05) is 24.3 Å². The largest absolute Gasteiger partial charge is 0.492 e. The standard InChI is InChI=1S/C14H17N3O/c1-2-3-8-18-13-10-6-4-5-7-12(10)17-9-11(13)14(15)16/h4-7,9H,2-3,8H2,1H3,(H3,15,16). The molecule has 0 saturated carbocycles. The van der Waals surface area contributed by atoms with E-state index >= 15 is 0 Å². The Morgan fingerprint density at radius 3 is 2.89 bits per heavy atom. The first kappa shape index (κ1) is 12.4. The number of pyridine rings is 1. The van der Waals surface area contributed by atoms with E-state index in [1.165, 1.54) is 0 Å². The van der Waals surface area contributed by atoms with Crippen molar-refractivity contribution in [2.45, 2.75) is 19.8 Å². The number of nitrogens with zero attached hydrogens (tertiary/aromatic N) is 1. The fourth-order valence-electron chi connectivity index (χ4n) is 1.78. The van der Waals surface area contributed by atoms with Crippen molar-refractivity contribution >= 4 is 16.7 Å². The Morgan fingerprint density at radius 2 is 2.17 bits per heavy atom. The fourth-order valence-corrected chi connectivity index (χ4v) is 1.78. The van der Waals surface area contributed by atoms with E-state index in [0.717, 1.165) is 23.7 Å². The molecule has 0 fully saturated rings. The van der Waals surface area contributed by atoms with Gasteiger partial charge in [-0.05, 0) is 18.6 Å². The van der Waals surface area contributed by atoms with Gasteiger partial charge < -0.3 is 10.5 Å². The molecule has 0 bridgehead atoms. The van der Waals surface area contributed by atoms with Crippen molar-refractivity contribution in [3.8, 4) is 5.75 Å². The molecule has 2 aromatic rings. The second-order valence-electron chi connectivity index (χ2n) is 4.13.